The number of hydrogen-bond donors (Lipinski definition) is 1. The van der Waals surface area contributed by atoms with E-state index >= 15 is 0 Å². The van der Waals surface area contributed by atoms with Gasteiger partial charge in [-0.25, -0.2) is 0 Å². The number of nitriles is 1. The zero-order valence-electron chi connectivity index (χ0n) is 12.3. The predicted molar refractivity (Wildman–Crippen MR) is 81.8 cm³/mol. The van der Waals surface area contributed by atoms with Crippen molar-refractivity contribution >= 4 is 5.69 Å². The summed E-state index contributed by atoms with van der Waals surface area (Å²) in [5, 5.41) is 12.1. The predicted octanol–water partition coefficient (Wildman–Crippen LogP) is 4.36. The number of nitrogens with one attached hydrogen (secondary N) is 1. The fourth-order valence-corrected chi connectivity index (χ4v) is 2.93. The van der Waals surface area contributed by atoms with E-state index < -0.39 is 0 Å². The third-order valence-electron chi connectivity index (χ3n) is 4.19. The minimum absolute atomic E-state index is 0.105. The Morgan fingerprint density at radius 3 is 2.70 bits per heavy atom. The number of ether oxygens (including phenoxy) is 1. The van der Waals surface area contributed by atoms with Crippen LogP contribution in [-0.2, 0) is 0 Å². The maximum Gasteiger partial charge on any atom is 0.174 e. The molecule has 0 amide bonds. The van der Waals surface area contributed by atoms with Gasteiger partial charge in [-0.2, -0.15) is 5.26 Å². The summed E-state index contributed by atoms with van der Waals surface area (Å²) in [5.74, 6) is 1.67. The van der Waals surface area contributed by atoms with Crippen LogP contribution in [0.3, 0.4) is 0 Å². The van der Waals surface area contributed by atoms with Crippen molar-refractivity contribution in [3.05, 3.63) is 24.3 Å². The van der Waals surface area contributed by atoms with Gasteiger partial charge >= 0.3 is 0 Å². The van der Waals surface area contributed by atoms with Gasteiger partial charge in [0.15, 0.2) is 6.61 Å². The molecule has 2 rings (SSSR count). The number of rotatable bonds is 5. The van der Waals surface area contributed by atoms with E-state index in [9.17, 15) is 0 Å². The Hall–Kier alpha value is -1.69. The quantitative estimate of drug-likeness (QED) is 0.810. The molecular weight excluding hydrogens is 248 g/mol. The number of hydrogen-bond acceptors (Lipinski definition) is 3. The zero-order chi connectivity index (χ0) is 14.2. The van der Waals surface area contributed by atoms with E-state index in [1.165, 1.54) is 38.5 Å². The molecule has 3 heteroatoms. The van der Waals surface area contributed by atoms with Gasteiger partial charge in [-0.05, 0) is 49.4 Å². The van der Waals surface area contributed by atoms with E-state index in [-0.39, 0.29) is 6.61 Å². The second-order valence-corrected chi connectivity index (χ2v) is 5.59. The lowest BCUT2D eigenvalue weighted by Gasteiger charge is -2.18. The molecule has 1 aliphatic carbocycles. The number of benzene rings is 1. The minimum Gasteiger partial charge on any atom is -0.479 e. The molecular formula is C17H24N2O. The maximum absolute atomic E-state index is 8.48. The summed E-state index contributed by atoms with van der Waals surface area (Å²) >= 11 is 0. The molecule has 1 N–H and O–H groups in total. The third kappa shape index (κ3) is 4.45. The van der Waals surface area contributed by atoms with Crippen LogP contribution in [-0.4, -0.2) is 12.6 Å². The molecule has 0 spiro atoms. The highest BCUT2D eigenvalue weighted by Crippen LogP contribution is 2.27. The van der Waals surface area contributed by atoms with Gasteiger partial charge in [0.05, 0.1) is 0 Å². The molecule has 108 valence electrons. The Morgan fingerprint density at radius 1 is 1.20 bits per heavy atom. The molecule has 3 nitrogen and oxygen atoms in total. The molecule has 0 aliphatic heterocycles. The summed E-state index contributed by atoms with van der Waals surface area (Å²) in [6.45, 7) is 2.41. The molecule has 2 unspecified atom stereocenters. The first-order chi connectivity index (χ1) is 9.81. The van der Waals surface area contributed by atoms with E-state index in [4.69, 9.17) is 10.00 Å². The summed E-state index contributed by atoms with van der Waals surface area (Å²) in [7, 11) is 0. The van der Waals surface area contributed by atoms with Gasteiger partial charge in [0.2, 0.25) is 0 Å². The molecule has 0 aromatic heterocycles. The first-order valence-corrected chi connectivity index (χ1v) is 7.68. The van der Waals surface area contributed by atoms with E-state index in [0.717, 1.165) is 17.4 Å². The molecule has 2 atom stereocenters. The van der Waals surface area contributed by atoms with Crippen molar-refractivity contribution in [2.75, 3.05) is 11.9 Å². The van der Waals surface area contributed by atoms with Crippen LogP contribution in [0.4, 0.5) is 5.69 Å². The summed E-state index contributed by atoms with van der Waals surface area (Å²) in [6, 6.07) is 10.5. The van der Waals surface area contributed by atoms with Crippen LogP contribution in [0, 0.1) is 17.2 Å². The Balaban J connectivity index is 1.85. The van der Waals surface area contributed by atoms with Crippen molar-refractivity contribution in [1.82, 2.24) is 0 Å². The van der Waals surface area contributed by atoms with Crippen LogP contribution in [0.15, 0.2) is 24.3 Å². The van der Waals surface area contributed by atoms with Crippen molar-refractivity contribution in [1.29, 1.82) is 5.26 Å². The summed E-state index contributed by atoms with van der Waals surface area (Å²) in [6.07, 6.45) is 7.92. The normalized spacial score (nSPS) is 22.6. The average Bonchev–Trinajstić information content (AvgIpc) is 2.72. The molecule has 0 heterocycles. The van der Waals surface area contributed by atoms with E-state index in [2.05, 4.69) is 12.2 Å². The van der Waals surface area contributed by atoms with Gasteiger partial charge in [-0.15, -0.1) is 0 Å². The highest BCUT2D eigenvalue weighted by atomic mass is 16.5. The molecule has 1 aromatic carbocycles. The Labute approximate surface area is 121 Å². The van der Waals surface area contributed by atoms with Gasteiger partial charge in [0.1, 0.15) is 11.8 Å². The first-order valence-electron chi connectivity index (χ1n) is 7.68. The van der Waals surface area contributed by atoms with Crippen LogP contribution in [0.5, 0.6) is 5.75 Å². The third-order valence-corrected chi connectivity index (χ3v) is 4.19. The van der Waals surface area contributed by atoms with Crippen molar-refractivity contribution in [2.24, 2.45) is 5.92 Å². The fourth-order valence-electron chi connectivity index (χ4n) is 2.93. The highest BCUT2D eigenvalue weighted by Gasteiger charge is 2.17. The van der Waals surface area contributed by atoms with Gasteiger partial charge in [-0.1, -0.05) is 26.2 Å². The Morgan fingerprint density at radius 2 is 2.00 bits per heavy atom. The standard InChI is InChI=1S/C17H24N2O/c1-2-14-4-3-5-15(7-6-14)19-16-8-10-17(11-9-16)20-13-12-18/h8-11,14-15,19H,2-7,13H2,1H3. The van der Waals surface area contributed by atoms with Gasteiger partial charge in [0.25, 0.3) is 0 Å². The lowest BCUT2D eigenvalue weighted by atomic mass is 9.98. The van der Waals surface area contributed by atoms with Crippen LogP contribution in [0.25, 0.3) is 0 Å². The lowest BCUT2D eigenvalue weighted by Crippen LogP contribution is -2.18. The van der Waals surface area contributed by atoms with Crippen LogP contribution in [0.2, 0.25) is 0 Å². The molecule has 0 bridgehead atoms. The molecule has 1 aliphatic rings. The molecule has 1 fully saturated rings. The van der Waals surface area contributed by atoms with Crippen LogP contribution >= 0.6 is 0 Å². The molecule has 20 heavy (non-hydrogen) atoms. The smallest absolute Gasteiger partial charge is 0.174 e. The molecule has 1 saturated carbocycles. The molecule has 0 radical (unpaired) electrons. The Bertz CT molecular complexity index is 435. The zero-order valence-corrected chi connectivity index (χ0v) is 12.3. The summed E-state index contributed by atoms with van der Waals surface area (Å²) in [5.41, 5.74) is 1.15. The van der Waals surface area contributed by atoms with Crippen molar-refractivity contribution in [2.45, 2.75) is 51.5 Å². The summed E-state index contributed by atoms with van der Waals surface area (Å²) in [4.78, 5) is 0. The second kappa shape index (κ2) is 7.79. The lowest BCUT2D eigenvalue weighted by molar-refractivity contribution is 0.368. The summed E-state index contributed by atoms with van der Waals surface area (Å²) < 4.78 is 5.26. The molecule has 1 aromatic rings. The monoisotopic (exact) mass is 272 g/mol. The van der Waals surface area contributed by atoms with Crippen LogP contribution in [0.1, 0.15) is 45.4 Å². The maximum atomic E-state index is 8.48. The highest BCUT2D eigenvalue weighted by molar-refractivity contribution is 5.47. The Kier molecular flexibility index (Phi) is 5.73. The van der Waals surface area contributed by atoms with Gasteiger partial charge in [-0.3, -0.25) is 0 Å². The van der Waals surface area contributed by atoms with Gasteiger partial charge in [0, 0.05) is 11.7 Å². The van der Waals surface area contributed by atoms with Crippen molar-refractivity contribution in [3.63, 3.8) is 0 Å². The average molecular weight is 272 g/mol. The van der Waals surface area contributed by atoms with Crippen molar-refractivity contribution in [3.8, 4) is 11.8 Å². The SMILES string of the molecule is CCC1CCCC(Nc2ccc(OCC#N)cc2)CC1. The number of nitrogens with zero attached hydrogens (tertiary/aromatic N) is 1. The van der Waals surface area contributed by atoms with Gasteiger partial charge < -0.3 is 10.1 Å². The molecule has 0 saturated heterocycles. The van der Waals surface area contributed by atoms with Crippen molar-refractivity contribution < 1.29 is 4.74 Å². The minimum atomic E-state index is 0.105. The second-order valence-electron chi connectivity index (χ2n) is 5.59. The van der Waals surface area contributed by atoms with E-state index in [0.29, 0.717) is 6.04 Å². The topological polar surface area (TPSA) is 45.0 Å². The number of anilines is 1. The van der Waals surface area contributed by atoms with E-state index in [1.54, 1.807) is 0 Å². The fraction of sp³-hybridized carbons (Fsp3) is 0.588. The first kappa shape index (κ1) is 14.7. The van der Waals surface area contributed by atoms with E-state index in [1.807, 2.05) is 30.3 Å². The largest absolute Gasteiger partial charge is 0.479 e. The van der Waals surface area contributed by atoms with Crippen LogP contribution < -0.4 is 10.1 Å².